The van der Waals surface area contributed by atoms with E-state index < -0.39 is 0 Å². The van der Waals surface area contributed by atoms with Crippen molar-refractivity contribution in [2.24, 2.45) is 0 Å². The van der Waals surface area contributed by atoms with Crippen LogP contribution < -0.4 is 0 Å². The molecule has 0 spiro atoms. The summed E-state index contributed by atoms with van der Waals surface area (Å²) in [4.78, 5) is 0. The van der Waals surface area contributed by atoms with Crippen molar-refractivity contribution in [2.75, 3.05) is 0 Å². The Morgan fingerprint density at radius 1 is 1.00 bits per heavy atom. The maximum atomic E-state index is 3.63. The summed E-state index contributed by atoms with van der Waals surface area (Å²) in [6, 6.07) is 15.0. The second-order valence-corrected chi connectivity index (χ2v) is 5.29. The third-order valence-electron chi connectivity index (χ3n) is 3.38. The van der Waals surface area contributed by atoms with Crippen LogP contribution in [0.3, 0.4) is 0 Å². The lowest BCUT2D eigenvalue weighted by Gasteiger charge is -2.15. The molecule has 17 heavy (non-hydrogen) atoms. The topological polar surface area (TPSA) is 0 Å². The molecule has 1 unspecified atom stereocenters. The first-order valence-corrected chi connectivity index (χ1v) is 6.59. The molecule has 84 valence electrons. The van der Waals surface area contributed by atoms with Gasteiger partial charge in [-0.25, -0.2) is 0 Å². The van der Waals surface area contributed by atoms with Crippen LogP contribution in [0.15, 0.2) is 53.0 Å². The van der Waals surface area contributed by atoms with Crippen molar-refractivity contribution in [1.29, 1.82) is 0 Å². The second kappa shape index (κ2) is 4.15. The maximum absolute atomic E-state index is 3.63. The van der Waals surface area contributed by atoms with Crippen molar-refractivity contribution in [3.63, 3.8) is 0 Å². The number of aryl methyl sites for hydroxylation is 1. The quantitative estimate of drug-likeness (QED) is 0.698. The largest absolute Gasteiger partial charge is 0.0720 e. The Morgan fingerprint density at radius 3 is 2.53 bits per heavy atom. The van der Waals surface area contributed by atoms with E-state index in [2.05, 4.69) is 77.5 Å². The molecule has 1 heteroatoms. The average molecular weight is 285 g/mol. The van der Waals surface area contributed by atoms with Gasteiger partial charge in [0.15, 0.2) is 0 Å². The lowest BCUT2D eigenvalue weighted by Crippen LogP contribution is -1.98. The van der Waals surface area contributed by atoms with Gasteiger partial charge in [-0.15, -0.1) is 0 Å². The molecule has 0 amide bonds. The predicted octanol–water partition coefficient (Wildman–Crippen LogP) is 4.92. The maximum Gasteiger partial charge on any atom is 0.0281 e. The van der Waals surface area contributed by atoms with Crippen LogP contribution in [0.5, 0.6) is 0 Å². The van der Waals surface area contributed by atoms with Gasteiger partial charge in [0.2, 0.25) is 0 Å². The smallest absolute Gasteiger partial charge is 0.0281 e. The molecule has 1 aliphatic carbocycles. The Bertz CT molecular complexity index is 582. The Labute approximate surface area is 110 Å². The zero-order chi connectivity index (χ0) is 11.8. The first-order chi connectivity index (χ1) is 8.27. The SMILES string of the molecule is Cc1ccc(Br)c2c1C(c1ccccc1)C=C2. The van der Waals surface area contributed by atoms with Crippen molar-refractivity contribution in [2.45, 2.75) is 12.8 Å². The van der Waals surface area contributed by atoms with Crippen LogP contribution in [-0.2, 0) is 0 Å². The van der Waals surface area contributed by atoms with Gasteiger partial charge in [-0.3, -0.25) is 0 Å². The fraction of sp³-hybridized carbons (Fsp3) is 0.125. The molecule has 0 bridgehead atoms. The number of benzene rings is 2. The van der Waals surface area contributed by atoms with E-state index in [9.17, 15) is 0 Å². The minimum Gasteiger partial charge on any atom is -0.0720 e. The summed E-state index contributed by atoms with van der Waals surface area (Å²) in [5, 5.41) is 0. The average Bonchev–Trinajstić information content (AvgIpc) is 2.81. The van der Waals surface area contributed by atoms with Crippen LogP contribution >= 0.6 is 15.9 Å². The molecule has 0 saturated heterocycles. The minimum atomic E-state index is 0.406. The third kappa shape index (κ3) is 1.75. The molecule has 0 nitrogen and oxygen atoms in total. The molecule has 2 aromatic rings. The van der Waals surface area contributed by atoms with E-state index in [0.29, 0.717) is 5.92 Å². The van der Waals surface area contributed by atoms with E-state index in [1.54, 1.807) is 0 Å². The number of halogens is 1. The van der Waals surface area contributed by atoms with E-state index in [4.69, 9.17) is 0 Å². The van der Waals surface area contributed by atoms with Gasteiger partial charge in [0.25, 0.3) is 0 Å². The molecule has 0 aromatic heterocycles. The van der Waals surface area contributed by atoms with Crippen molar-refractivity contribution in [1.82, 2.24) is 0 Å². The highest BCUT2D eigenvalue weighted by atomic mass is 79.9. The summed E-state index contributed by atoms with van der Waals surface area (Å²) >= 11 is 3.63. The summed E-state index contributed by atoms with van der Waals surface area (Å²) in [5.41, 5.74) is 5.50. The molecule has 0 fully saturated rings. The Kier molecular flexibility index (Phi) is 2.64. The highest BCUT2D eigenvalue weighted by Crippen LogP contribution is 2.40. The van der Waals surface area contributed by atoms with Gasteiger partial charge in [-0.1, -0.05) is 64.5 Å². The van der Waals surface area contributed by atoms with Gasteiger partial charge >= 0.3 is 0 Å². The minimum absolute atomic E-state index is 0.406. The zero-order valence-electron chi connectivity index (χ0n) is 9.65. The summed E-state index contributed by atoms with van der Waals surface area (Å²) in [6.07, 6.45) is 4.52. The van der Waals surface area contributed by atoms with Crippen LogP contribution in [0.4, 0.5) is 0 Å². The number of hydrogen-bond acceptors (Lipinski definition) is 0. The van der Waals surface area contributed by atoms with Crippen molar-refractivity contribution in [3.8, 4) is 0 Å². The normalized spacial score (nSPS) is 17.2. The van der Waals surface area contributed by atoms with Crippen LogP contribution in [0, 0.1) is 6.92 Å². The van der Waals surface area contributed by atoms with Crippen LogP contribution in [0.25, 0.3) is 6.08 Å². The lowest BCUT2D eigenvalue weighted by atomic mass is 9.90. The Hall–Kier alpha value is -1.34. The van der Waals surface area contributed by atoms with Gasteiger partial charge in [0, 0.05) is 10.4 Å². The number of fused-ring (bicyclic) bond motifs is 1. The van der Waals surface area contributed by atoms with Crippen molar-refractivity contribution < 1.29 is 0 Å². The van der Waals surface area contributed by atoms with E-state index in [-0.39, 0.29) is 0 Å². The monoisotopic (exact) mass is 284 g/mol. The number of allylic oxidation sites excluding steroid dienone is 1. The molecule has 0 aliphatic heterocycles. The van der Waals surface area contributed by atoms with Crippen LogP contribution in [0.1, 0.15) is 28.2 Å². The van der Waals surface area contributed by atoms with Crippen molar-refractivity contribution in [3.05, 3.63) is 75.3 Å². The fourth-order valence-electron chi connectivity index (χ4n) is 2.53. The van der Waals surface area contributed by atoms with Gasteiger partial charge in [-0.2, -0.15) is 0 Å². The first-order valence-electron chi connectivity index (χ1n) is 5.79. The van der Waals surface area contributed by atoms with Gasteiger partial charge in [0.1, 0.15) is 0 Å². The lowest BCUT2D eigenvalue weighted by molar-refractivity contribution is 1.03. The van der Waals surface area contributed by atoms with Crippen LogP contribution in [0.2, 0.25) is 0 Å². The van der Waals surface area contributed by atoms with E-state index >= 15 is 0 Å². The highest BCUT2D eigenvalue weighted by Gasteiger charge is 2.22. The standard InChI is InChI=1S/C16H13Br/c1-11-7-10-15(17)14-9-8-13(16(11)14)12-5-3-2-4-6-12/h2-10,13H,1H3. The van der Waals surface area contributed by atoms with Gasteiger partial charge in [0.05, 0.1) is 0 Å². The van der Waals surface area contributed by atoms with Gasteiger partial charge < -0.3 is 0 Å². The third-order valence-corrected chi connectivity index (χ3v) is 4.07. The summed E-state index contributed by atoms with van der Waals surface area (Å²) in [5.74, 6) is 0.406. The summed E-state index contributed by atoms with van der Waals surface area (Å²) < 4.78 is 1.19. The first kappa shape index (κ1) is 10.8. The molecule has 3 rings (SSSR count). The fourth-order valence-corrected chi connectivity index (χ4v) is 3.01. The molecule has 1 atom stereocenters. The molecular weight excluding hydrogens is 272 g/mol. The highest BCUT2D eigenvalue weighted by molar-refractivity contribution is 9.10. The second-order valence-electron chi connectivity index (χ2n) is 4.44. The summed E-state index contributed by atoms with van der Waals surface area (Å²) in [7, 11) is 0. The molecule has 0 saturated carbocycles. The molecular formula is C16H13Br. The molecule has 0 radical (unpaired) electrons. The molecule has 0 N–H and O–H groups in total. The molecule has 1 aliphatic rings. The van der Waals surface area contributed by atoms with Crippen molar-refractivity contribution >= 4 is 22.0 Å². The van der Waals surface area contributed by atoms with E-state index in [0.717, 1.165) is 0 Å². The summed E-state index contributed by atoms with van der Waals surface area (Å²) in [6.45, 7) is 2.19. The molecule has 0 heterocycles. The number of rotatable bonds is 1. The molecule has 2 aromatic carbocycles. The van der Waals surface area contributed by atoms with E-state index in [1.807, 2.05) is 0 Å². The zero-order valence-corrected chi connectivity index (χ0v) is 11.2. The Balaban J connectivity index is 2.17. The Morgan fingerprint density at radius 2 is 1.76 bits per heavy atom. The van der Waals surface area contributed by atoms with Gasteiger partial charge in [-0.05, 0) is 35.2 Å². The van der Waals surface area contributed by atoms with Crippen LogP contribution in [-0.4, -0.2) is 0 Å². The number of hydrogen-bond donors (Lipinski definition) is 0. The predicted molar refractivity (Wildman–Crippen MR) is 76.2 cm³/mol. The van der Waals surface area contributed by atoms with E-state index in [1.165, 1.54) is 26.7 Å².